The van der Waals surface area contributed by atoms with Gasteiger partial charge in [-0.2, -0.15) is 0 Å². The molecule has 0 bridgehead atoms. The van der Waals surface area contributed by atoms with Gasteiger partial charge in [0.1, 0.15) is 6.33 Å². The summed E-state index contributed by atoms with van der Waals surface area (Å²) < 4.78 is 7.15. The Kier molecular flexibility index (Phi) is 2.94. The van der Waals surface area contributed by atoms with Crippen molar-refractivity contribution in [1.29, 1.82) is 0 Å². The summed E-state index contributed by atoms with van der Waals surface area (Å²) in [5.74, 6) is 0.974. The second-order valence-electron chi connectivity index (χ2n) is 4.25. The molecular weight excluding hydrogens is 234 g/mol. The van der Waals surface area contributed by atoms with Crippen molar-refractivity contribution < 1.29 is 4.74 Å². The van der Waals surface area contributed by atoms with Crippen molar-refractivity contribution in [3.05, 3.63) is 22.8 Å². The number of thiophene rings is 1. The molecule has 0 atom stereocenters. The highest BCUT2D eigenvalue weighted by molar-refractivity contribution is 7.15. The molecule has 0 aromatic carbocycles. The smallest absolute Gasteiger partial charge is 0.173 e. The molecule has 5 heteroatoms. The number of fused-ring (bicyclic) bond motifs is 1. The zero-order valence-electron chi connectivity index (χ0n) is 9.85. The Balaban J connectivity index is 1.89. The van der Waals surface area contributed by atoms with Gasteiger partial charge < -0.3 is 9.30 Å². The number of rotatable bonds is 4. The molecule has 0 unspecified atom stereocenters. The van der Waals surface area contributed by atoms with Gasteiger partial charge in [-0.15, -0.1) is 21.5 Å². The molecule has 2 heterocycles. The Bertz CT molecular complexity index is 496. The van der Waals surface area contributed by atoms with E-state index in [4.69, 9.17) is 4.74 Å². The molecule has 1 aliphatic rings. The Morgan fingerprint density at radius 1 is 1.47 bits per heavy atom. The lowest BCUT2D eigenvalue weighted by Gasteiger charge is -2.03. The first-order valence-electron chi connectivity index (χ1n) is 5.87. The second kappa shape index (κ2) is 4.58. The van der Waals surface area contributed by atoms with Crippen LogP contribution in [0.2, 0.25) is 0 Å². The van der Waals surface area contributed by atoms with E-state index in [0.29, 0.717) is 6.61 Å². The second-order valence-corrected chi connectivity index (χ2v) is 5.39. The van der Waals surface area contributed by atoms with E-state index in [1.807, 2.05) is 11.3 Å². The quantitative estimate of drug-likeness (QED) is 0.833. The molecule has 0 spiro atoms. The molecule has 4 nitrogen and oxygen atoms in total. The summed E-state index contributed by atoms with van der Waals surface area (Å²) in [6.45, 7) is 1.50. The maximum atomic E-state index is 5.09. The molecule has 2 aromatic rings. The lowest BCUT2D eigenvalue weighted by Crippen LogP contribution is -2.04. The summed E-state index contributed by atoms with van der Waals surface area (Å²) >= 11 is 1.86. The predicted octanol–water partition coefficient (Wildman–Crippen LogP) is 2.14. The molecule has 2 aromatic heterocycles. The van der Waals surface area contributed by atoms with Gasteiger partial charge in [-0.05, 0) is 30.9 Å². The van der Waals surface area contributed by atoms with Crippen molar-refractivity contribution in [2.24, 2.45) is 0 Å². The van der Waals surface area contributed by atoms with Gasteiger partial charge in [0.15, 0.2) is 5.82 Å². The van der Waals surface area contributed by atoms with E-state index in [-0.39, 0.29) is 0 Å². The zero-order valence-corrected chi connectivity index (χ0v) is 10.7. The third kappa shape index (κ3) is 2.00. The molecular formula is C12H15N3OS. The standard InChI is InChI=1S/C12H15N3OS/c1-16-6-5-15-8-13-14-12(15)11-7-9-3-2-4-10(9)17-11/h7-8H,2-6H2,1H3. The number of nitrogens with zero attached hydrogens (tertiary/aromatic N) is 3. The highest BCUT2D eigenvalue weighted by Gasteiger charge is 2.18. The zero-order chi connectivity index (χ0) is 11.7. The van der Waals surface area contributed by atoms with Crippen LogP contribution in [0.5, 0.6) is 0 Å². The Morgan fingerprint density at radius 3 is 3.24 bits per heavy atom. The normalized spacial score (nSPS) is 14.2. The third-order valence-electron chi connectivity index (χ3n) is 3.12. The van der Waals surface area contributed by atoms with Gasteiger partial charge in [0, 0.05) is 18.5 Å². The van der Waals surface area contributed by atoms with Crippen LogP contribution in [0.3, 0.4) is 0 Å². The summed E-state index contributed by atoms with van der Waals surface area (Å²) in [6, 6.07) is 2.28. The first-order valence-corrected chi connectivity index (χ1v) is 6.69. The number of methoxy groups -OCH3 is 1. The van der Waals surface area contributed by atoms with Gasteiger partial charge in [0.25, 0.3) is 0 Å². The molecule has 3 rings (SSSR count). The average Bonchev–Trinajstić information content (AvgIpc) is 2.99. The van der Waals surface area contributed by atoms with E-state index in [0.717, 1.165) is 12.4 Å². The van der Waals surface area contributed by atoms with Gasteiger partial charge in [-0.1, -0.05) is 0 Å². The van der Waals surface area contributed by atoms with Crippen LogP contribution in [0.15, 0.2) is 12.4 Å². The maximum absolute atomic E-state index is 5.09. The number of aryl methyl sites for hydroxylation is 2. The number of hydrogen-bond donors (Lipinski definition) is 0. The van der Waals surface area contributed by atoms with Crippen molar-refractivity contribution in [1.82, 2.24) is 14.8 Å². The molecule has 0 N–H and O–H groups in total. The summed E-state index contributed by atoms with van der Waals surface area (Å²) in [7, 11) is 1.71. The molecule has 0 radical (unpaired) electrons. The van der Waals surface area contributed by atoms with Gasteiger partial charge in [0.05, 0.1) is 11.5 Å². The third-order valence-corrected chi connectivity index (χ3v) is 4.35. The lowest BCUT2D eigenvalue weighted by atomic mass is 10.2. The highest BCUT2D eigenvalue weighted by atomic mass is 32.1. The van der Waals surface area contributed by atoms with E-state index in [9.17, 15) is 0 Å². The fourth-order valence-corrected chi connectivity index (χ4v) is 3.49. The summed E-state index contributed by atoms with van der Waals surface area (Å²) in [5, 5.41) is 8.22. The Morgan fingerprint density at radius 2 is 2.41 bits per heavy atom. The molecule has 90 valence electrons. The SMILES string of the molecule is COCCn1cnnc1-c1cc2c(s1)CCC2. The Labute approximate surface area is 104 Å². The van der Waals surface area contributed by atoms with Crippen LogP contribution >= 0.6 is 11.3 Å². The molecule has 0 aliphatic heterocycles. The largest absolute Gasteiger partial charge is 0.383 e. The van der Waals surface area contributed by atoms with E-state index >= 15 is 0 Å². The van der Waals surface area contributed by atoms with Crippen LogP contribution < -0.4 is 0 Å². The lowest BCUT2D eigenvalue weighted by molar-refractivity contribution is 0.187. The van der Waals surface area contributed by atoms with Crippen LogP contribution in [-0.2, 0) is 24.1 Å². The van der Waals surface area contributed by atoms with Crippen LogP contribution in [0.4, 0.5) is 0 Å². The van der Waals surface area contributed by atoms with E-state index < -0.39 is 0 Å². The summed E-state index contributed by atoms with van der Waals surface area (Å²) in [5.41, 5.74) is 1.51. The van der Waals surface area contributed by atoms with E-state index in [2.05, 4.69) is 20.8 Å². The van der Waals surface area contributed by atoms with E-state index in [1.165, 1.54) is 34.6 Å². The summed E-state index contributed by atoms with van der Waals surface area (Å²) in [6.07, 6.45) is 5.53. The molecule has 1 aliphatic carbocycles. The molecule has 0 saturated carbocycles. The minimum absolute atomic E-state index is 0.691. The fourth-order valence-electron chi connectivity index (χ4n) is 2.24. The van der Waals surface area contributed by atoms with Gasteiger partial charge >= 0.3 is 0 Å². The van der Waals surface area contributed by atoms with Crippen LogP contribution in [-0.4, -0.2) is 28.5 Å². The van der Waals surface area contributed by atoms with Crippen molar-refractivity contribution in [2.45, 2.75) is 25.8 Å². The maximum Gasteiger partial charge on any atom is 0.173 e. The van der Waals surface area contributed by atoms with Crippen LogP contribution in [0.1, 0.15) is 16.9 Å². The molecule has 17 heavy (non-hydrogen) atoms. The van der Waals surface area contributed by atoms with Gasteiger partial charge in [-0.3, -0.25) is 0 Å². The minimum Gasteiger partial charge on any atom is -0.383 e. The van der Waals surface area contributed by atoms with Crippen molar-refractivity contribution in [3.63, 3.8) is 0 Å². The van der Waals surface area contributed by atoms with E-state index in [1.54, 1.807) is 13.4 Å². The summed E-state index contributed by atoms with van der Waals surface area (Å²) in [4.78, 5) is 2.77. The minimum atomic E-state index is 0.691. The topological polar surface area (TPSA) is 39.9 Å². The first-order chi connectivity index (χ1) is 8.38. The van der Waals surface area contributed by atoms with Crippen molar-refractivity contribution >= 4 is 11.3 Å². The number of ether oxygens (including phenoxy) is 1. The fraction of sp³-hybridized carbons (Fsp3) is 0.500. The van der Waals surface area contributed by atoms with Crippen LogP contribution in [0.25, 0.3) is 10.7 Å². The van der Waals surface area contributed by atoms with Gasteiger partial charge in [-0.25, -0.2) is 0 Å². The predicted molar refractivity (Wildman–Crippen MR) is 67.2 cm³/mol. The number of aromatic nitrogens is 3. The van der Waals surface area contributed by atoms with Crippen molar-refractivity contribution in [3.8, 4) is 10.7 Å². The number of hydrogen-bond acceptors (Lipinski definition) is 4. The first kappa shape index (κ1) is 10.9. The van der Waals surface area contributed by atoms with Crippen LogP contribution in [0, 0.1) is 0 Å². The average molecular weight is 249 g/mol. The molecule has 0 fully saturated rings. The van der Waals surface area contributed by atoms with Crippen molar-refractivity contribution in [2.75, 3.05) is 13.7 Å². The highest BCUT2D eigenvalue weighted by Crippen LogP contribution is 2.35. The van der Waals surface area contributed by atoms with Gasteiger partial charge in [0.2, 0.25) is 0 Å². The molecule has 0 amide bonds. The molecule has 0 saturated heterocycles. The monoisotopic (exact) mass is 249 g/mol. The Hall–Kier alpha value is -1.20.